The van der Waals surface area contributed by atoms with Gasteiger partial charge in [0.1, 0.15) is 6.10 Å². The number of carbonyl (C=O) groups is 1. The van der Waals surface area contributed by atoms with Crippen LogP contribution in [0.15, 0.2) is 0 Å². The van der Waals surface area contributed by atoms with E-state index in [0.29, 0.717) is 6.61 Å². The number of carbonyl (C=O) groups excluding carboxylic acids is 1. The normalized spacial score (nSPS) is 40.5. The van der Waals surface area contributed by atoms with Crippen molar-refractivity contribution in [2.45, 2.75) is 37.9 Å². The van der Waals surface area contributed by atoms with Crippen molar-refractivity contribution < 1.29 is 19.0 Å². The summed E-state index contributed by atoms with van der Waals surface area (Å²) in [6.45, 7) is 4.21. The van der Waals surface area contributed by atoms with Crippen LogP contribution < -0.4 is 5.32 Å². The van der Waals surface area contributed by atoms with E-state index in [1.807, 2.05) is 13.8 Å². The number of hydrogen-bond acceptors (Lipinski definition) is 4. The summed E-state index contributed by atoms with van der Waals surface area (Å²) < 4.78 is 16.1. The molecular formula is C9H15NO4. The Labute approximate surface area is 82.7 Å². The fraction of sp³-hybridized carbons (Fsp3) is 0.889. The van der Waals surface area contributed by atoms with Gasteiger partial charge in [-0.3, -0.25) is 4.79 Å². The SMILES string of the molecule is CO[C@H]1C(=O)N[C@H]1[C@H]1COC(C)(C)O1. The summed E-state index contributed by atoms with van der Waals surface area (Å²) in [4.78, 5) is 11.1. The molecule has 2 aliphatic heterocycles. The zero-order valence-corrected chi connectivity index (χ0v) is 8.57. The molecule has 0 unspecified atom stereocenters. The molecule has 5 nitrogen and oxygen atoms in total. The summed E-state index contributed by atoms with van der Waals surface area (Å²) in [5.74, 6) is -0.630. The highest BCUT2D eigenvalue weighted by Gasteiger charge is 2.49. The Hall–Kier alpha value is -0.650. The van der Waals surface area contributed by atoms with Crippen LogP contribution in [0.4, 0.5) is 0 Å². The third-order valence-corrected chi connectivity index (χ3v) is 2.58. The third kappa shape index (κ3) is 1.51. The van der Waals surface area contributed by atoms with Gasteiger partial charge in [0.05, 0.1) is 12.6 Å². The fourth-order valence-electron chi connectivity index (χ4n) is 1.82. The maximum absolute atomic E-state index is 11.1. The monoisotopic (exact) mass is 201 g/mol. The molecule has 0 spiro atoms. The highest BCUT2D eigenvalue weighted by atomic mass is 16.7. The Morgan fingerprint density at radius 3 is 2.71 bits per heavy atom. The van der Waals surface area contributed by atoms with Gasteiger partial charge in [-0.2, -0.15) is 0 Å². The van der Waals surface area contributed by atoms with Gasteiger partial charge in [0.15, 0.2) is 11.9 Å². The number of nitrogens with one attached hydrogen (secondary N) is 1. The summed E-state index contributed by atoms with van der Waals surface area (Å²) in [5, 5.41) is 2.75. The van der Waals surface area contributed by atoms with Gasteiger partial charge in [0.2, 0.25) is 0 Å². The Kier molecular flexibility index (Phi) is 2.25. The van der Waals surface area contributed by atoms with Crippen LogP contribution in [0.5, 0.6) is 0 Å². The van der Waals surface area contributed by atoms with Crippen molar-refractivity contribution >= 4 is 5.91 Å². The lowest BCUT2D eigenvalue weighted by atomic mass is 9.97. The molecule has 2 fully saturated rings. The standard InChI is InChI=1S/C9H15NO4/c1-9(2)13-4-5(14-9)6-7(12-3)8(11)10-6/h5-7H,4H2,1-3H3,(H,10,11)/t5-,6+,7-/m1/s1. The van der Waals surface area contributed by atoms with Gasteiger partial charge in [-0.1, -0.05) is 0 Å². The smallest absolute Gasteiger partial charge is 0.251 e. The zero-order valence-electron chi connectivity index (χ0n) is 8.57. The number of ether oxygens (including phenoxy) is 3. The first-order chi connectivity index (χ1) is 6.53. The molecular weight excluding hydrogens is 186 g/mol. The molecule has 0 aromatic carbocycles. The van der Waals surface area contributed by atoms with Gasteiger partial charge in [-0.15, -0.1) is 0 Å². The summed E-state index contributed by atoms with van der Waals surface area (Å²) in [6.07, 6.45) is -0.495. The summed E-state index contributed by atoms with van der Waals surface area (Å²) >= 11 is 0. The second-order valence-corrected chi connectivity index (χ2v) is 4.06. The lowest BCUT2D eigenvalue weighted by Gasteiger charge is -2.38. The second kappa shape index (κ2) is 3.18. The fourth-order valence-corrected chi connectivity index (χ4v) is 1.82. The predicted molar refractivity (Wildman–Crippen MR) is 47.6 cm³/mol. The number of hydrogen-bond donors (Lipinski definition) is 1. The molecule has 0 saturated carbocycles. The molecule has 2 aliphatic rings. The van der Waals surface area contributed by atoms with Gasteiger partial charge < -0.3 is 19.5 Å². The van der Waals surface area contributed by atoms with Crippen LogP contribution >= 0.6 is 0 Å². The minimum atomic E-state index is -0.552. The van der Waals surface area contributed by atoms with Crippen molar-refractivity contribution in [1.82, 2.24) is 5.32 Å². The molecule has 3 atom stereocenters. The molecule has 0 aliphatic carbocycles. The van der Waals surface area contributed by atoms with E-state index in [0.717, 1.165) is 0 Å². The number of amides is 1. The number of β-lactam (4-membered cyclic amide) rings is 1. The minimum absolute atomic E-state index is 0.0747. The Morgan fingerprint density at radius 1 is 1.57 bits per heavy atom. The second-order valence-electron chi connectivity index (χ2n) is 4.06. The van der Waals surface area contributed by atoms with Crippen molar-refractivity contribution in [2.24, 2.45) is 0 Å². The van der Waals surface area contributed by atoms with E-state index in [2.05, 4.69) is 5.32 Å². The molecule has 80 valence electrons. The lowest BCUT2D eigenvalue weighted by Crippen LogP contribution is -2.68. The Morgan fingerprint density at radius 2 is 2.29 bits per heavy atom. The van der Waals surface area contributed by atoms with Gasteiger partial charge in [-0.25, -0.2) is 0 Å². The zero-order chi connectivity index (χ0) is 10.3. The predicted octanol–water partition coefficient (Wildman–Crippen LogP) is -0.349. The van der Waals surface area contributed by atoms with Crippen molar-refractivity contribution in [3.63, 3.8) is 0 Å². The average Bonchev–Trinajstić information content (AvgIpc) is 2.42. The molecule has 1 N–H and O–H groups in total. The molecule has 1 amide bonds. The molecule has 0 radical (unpaired) electrons. The van der Waals surface area contributed by atoms with E-state index in [4.69, 9.17) is 14.2 Å². The average molecular weight is 201 g/mol. The van der Waals surface area contributed by atoms with Crippen LogP contribution in [0.2, 0.25) is 0 Å². The van der Waals surface area contributed by atoms with Crippen LogP contribution in [0.1, 0.15) is 13.8 Å². The van der Waals surface area contributed by atoms with Gasteiger partial charge >= 0.3 is 0 Å². The van der Waals surface area contributed by atoms with Crippen molar-refractivity contribution in [3.05, 3.63) is 0 Å². The largest absolute Gasteiger partial charge is 0.369 e. The summed E-state index contributed by atoms with van der Waals surface area (Å²) in [6, 6.07) is -0.0747. The highest BCUT2D eigenvalue weighted by Crippen LogP contribution is 2.28. The van der Waals surface area contributed by atoms with Crippen LogP contribution in [0.25, 0.3) is 0 Å². The Bertz CT molecular complexity index is 253. The lowest BCUT2D eigenvalue weighted by molar-refractivity contribution is -0.166. The van der Waals surface area contributed by atoms with Gasteiger partial charge in [0, 0.05) is 7.11 Å². The molecule has 0 bridgehead atoms. The maximum atomic E-state index is 11.1. The van der Waals surface area contributed by atoms with E-state index >= 15 is 0 Å². The third-order valence-electron chi connectivity index (χ3n) is 2.58. The first-order valence-corrected chi connectivity index (χ1v) is 4.68. The van der Waals surface area contributed by atoms with Crippen LogP contribution in [-0.2, 0) is 19.0 Å². The van der Waals surface area contributed by atoms with Crippen molar-refractivity contribution in [3.8, 4) is 0 Å². The van der Waals surface area contributed by atoms with E-state index in [1.165, 1.54) is 7.11 Å². The highest BCUT2D eigenvalue weighted by molar-refractivity contribution is 5.88. The van der Waals surface area contributed by atoms with Gasteiger partial charge in [-0.05, 0) is 13.8 Å². The molecule has 0 aromatic heterocycles. The maximum Gasteiger partial charge on any atom is 0.251 e. The number of methoxy groups -OCH3 is 1. The topological polar surface area (TPSA) is 56.8 Å². The molecule has 5 heteroatoms. The molecule has 2 saturated heterocycles. The van der Waals surface area contributed by atoms with Crippen LogP contribution in [0.3, 0.4) is 0 Å². The van der Waals surface area contributed by atoms with Crippen molar-refractivity contribution in [2.75, 3.05) is 13.7 Å². The molecule has 2 heterocycles. The summed E-state index contributed by atoms with van der Waals surface area (Å²) in [5.41, 5.74) is 0. The van der Waals surface area contributed by atoms with Crippen LogP contribution in [-0.4, -0.2) is 43.7 Å². The minimum Gasteiger partial charge on any atom is -0.369 e. The first kappa shape index (κ1) is 9.89. The van der Waals surface area contributed by atoms with Gasteiger partial charge in [0.25, 0.3) is 5.91 Å². The number of rotatable bonds is 2. The van der Waals surface area contributed by atoms with E-state index < -0.39 is 11.9 Å². The molecule has 14 heavy (non-hydrogen) atoms. The molecule has 0 aromatic rings. The van der Waals surface area contributed by atoms with Crippen LogP contribution in [0, 0.1) is 0 Å². The quantitative estimate of drug-likeness (QED) is 0.620. The summed E-state index contributed by atoms with van der Waals surface area (Å²) in [7, 11) is 1.53. The molecule has 2 rings (SSSR count). The van der Waals surface area contributed by atoms with E-state index in [-0.39, 0.29) is 18.1 Å². The Balaban J connectivity index is 1.95. The van der Waals surface area contributed by atoms with E-state index in [9.17, 15) is 4.79 Å². The van der Waals surface area contributed by atoms with E-state index in [1.54, 1.807) is 0 Å². The van der Waals surface area contributed by atoms with Crippen molar-refractivity contribution in [1.29, 1.82) is 0 Å². The first-order valence-electron chi connectivity index (χ1n) is 4.68.